The van der Waals surface area contributed by atoms with Crippen molar-refractivity contribution in [2.45, 2.75) is 40.0 Å². The molecular weight excluding hydrogens is 210 g/mol. The van der Waals surface area contributed by atoms with Gasteiger partial charge in [0.05, 0.1) is 6.07 Å². The van der Waals surface area contributed by atoms with E-state index in [2.05, 4.69) is 6.07 Å². The second-order valence-corrected chi connectivity index (χ2v) is 5.62. The Kier molecular flexibility index (Phi) is 4.07. The van der Waals surface area contributed by atoms with E-state index >= 15 is 0 Å². The fourth-order valence-corrected chi connectivity index (χ4v) is 1.85. The number of hydrogen-bond acceptors (Lipinski definition) is 2. The number of hydrogen-bond donors (Lipinski definition) is 0. The van der Waals surface area contributed by atoms with Gasteiger partial charge in [-0.2, -0.15) is 5.26 Å². The molecular formula is C15H19NO. The van der Waals surface area contributed by atoms with E-state index in [1.54, 1.807) is 0 Å². The summed E-state index contributed by atoms with van der Waals surface area (Å²) in [5.74, 6) is -0.621. The Hall–Kier alpha value is -1.62. The molecule has 0 amide bonds. The van der Waals surface area contributed by atoms with Crippen molar-refractivity contribution < 1.29 is 4.79 Å². The number of nitrogens with zero attached hydrogens (tertiary/aromatic N) is 1. The first-order chi connectivity index (χ1) is 7.85. The molecule has 0 aliphatic heterocycles. The normalized spacial score (nSPS) is 12.9. The molecule has 1 aromatic rings. The molecule has 0 fully saturated rings. The maximum atomic E-state index is 12.1. The first kappa shape index (κ1) is 13.4. The number of carbonyl (C=O) groups excluding carboxylic acids is 1. The van der Waals surface area contributed by atoms with Gasteiger partial charge in [-0.15, -0.1) is 0 Å². The fraction of sp³-hybridized carbons (Fsp3) is 0.467. The monoisotopic (exact) mass is 229 g/mol. The standard InChI is InChI=1S/C15H19NO/c1-11-7-5-6-8-12(11)13(10-16)14(17)9-15(2,3)4/h5-8,13H,9H2,1-4H3. The molecule has 2 heteroatoms. The SMILES string of the molecule is Cc1ccccc1C(C#N)C(=O)CC(C)(C)C. The smallest absolute Gasteiger partial charge is 0.154 e. The van der Waals surface area contributed by atoms with Gasteiger partial charge in [-0.05, 0) is 23.5 Å². The van der Waals surface area contributed by atoms with Crippen molar-refractivity contribution in [3.63, 3.8) is 0 Å². The van der Waals surface area contributed by atoms with Crippen molar-refractivity contribution in [2.24, 2.45) is 5.41 Å². The molecule has 17 heavy (non-hydrogen) atoms. The van der Waals surface area contributed by atoms with Gasteiger partial charge in [0.25, 0.3) is 0 Å². The minimum Gasteiger partial charge on any atom is -0.298 e. The van der Waals surface area contributed by atoms with Gasteiger partial charge in [-0.3, -0.25) is 4.79 Å². The highest BCUT2D eigenvalue weighted by molar-refractivity contribution is 5.89. The summed E-state index contributed by atoms with van der Waals surface area (Å²) in [5, 5.41) is 9.20. The van der Waals surface area contributed by atoms with Gasteiger partial charge in [0.1, 0.15) is 5.92 Å². The van der Waals surface area contributed by atoms with Crippen LogP contribution >= 0.6 is 0 Å². The maximum absolute atomic E-state index is 12.1. The molecule has 0 spiro atoms. The molecule has 1 atom stereocenters. The Balaban J connectivity index is 2.98. The number of ketones is 1. The van der Waals surface area contributed by atoms with Crippen LogP contribution in [0.1, 0.15) is 44.2 Å². The fourth-order valence-electron chi connectivity index (χ4n) is 1.85. The number of rotatable bonds is 3. The van der Waals surface area contributed by atoms with E-state index in [4.69, 9.17) is 0 Å². The van der Waals surface area contributed by atoms with Crippen molar-refractivity contribution in [1.29, 1.82) is 5.26 Å². The van der Waals surface area contributed by atoms with Gasteiger partial charge in [0.2, 0.25) is 0 Å². The Morgan fingerprint density at radius 1 is 1.35 bits per heavy atom. The zero-order valence-corrected chi connectivity index (χ0v) is 10.9. The first-order valence-electron chi connectivity index (χ1n) is 5.83. The summed E-state index contributed by atoms with van der Waals surface area (Å²) in [6, 6.07) is 9.72. The molecule has 0 bridgehead atoms. The van der Waals surface area contributed by atoms with Gasteiger partial charge >= 0.3 is 0 Å². The Labute approximate surface area is 103 Å². The van der Waals surface area contributed by atoms with Crippen molar-refractivity contribution in [3.8, 4) is 6.07 Å². The number of aryl methyl sites for hydroxylation is 1. The minimum absolute atomic E-state index is 0.00861. The third kappa shape index (κ3) is 3.71. The molecule has 0 aliphatic carbocycles. The molecule has 90 valence electrons. The molecule has 2 nitrogen and oxygen atoms in total. The molecule has 1 aromatic carbocycles. The maximum Gasteiger partial charge on any atom is 0.154 e. The number of nitriles is 1. The van der Waals surface area contributed by atoms with Crippen molar-refractivity contribution in [1.82, 2.24) is 0 Å². The number of Topliss-reactive ketones (excluding diaryl/α,β-unsaturated/α-hetero) is 1. The van der Waals surface area contributed by atoms with Crippen LogP contribution in [0.5, 0.6) is 0 Å². The van der Waals surface area contributed by atoms with Crippen LogP contribution in [0, 0.1) is 23.7 Å². The summed E-state index contributed by atoms with van der Waals surface area (Å²) in [4.78, 5) is 12.1. The topological polar surface area (TPSA) is 40.9 Å². The molecule has 0 N–H and O–H groups in total. The van der Waals surface area contributed by atoms with Crippen LogP contribution in [0.3, 0.4) is 0 Å². The lowest BCUT2D eigenvalue weighted by Gasteiger charge is -2.19. The Bertz CT molecular complexity index is 449. The van der Waals surface area contributed by atoms with Crippen LogP contribution in [-0.2, 0) is 4.79 Å². The summed E-state index contributed by atoms with van der Waals surface area (Å²) in [7, 11) is 0. The molecule has 0 aliphatic rings. The molecule has 0 heterocycles. The predicted octanol–water partition coefficient (Wildman–Crippen LogP) is 3.61. The van der Waals surface area contributed by atoms with E-state index in [0.29, 0.717) is 6.42 Å². The summed E-state index contributed by atoms with van der Waals surface area (Å²) in [6.07, 6.45) is 0.430. The summed E-state index contributed by atoms with van der Waals surface area (Å²) < 4.78 is 0. The van der Waals surface area contributed by atoms with Crippen molar-refractivity contribution in [3.05, 3.63) is 35.4 Å². The summed E-state index contributed by atoms with van der Waals surface area (Å²) >= 11 is 0. The molecule has 1 unspecified atom stereocenters. The van der Waals surface area contributed by atoms with Crippen LogP contribution in [0.4, 0.5) is 0 Å². The van der Waals surface area contributed by atoms with E-state index in [0.717, 1.165) is 11.1 Å². The van der Waals surface area contributed by atoms with Gasteiger partial charge in [-0.1, -0.05) is 45.0 Å². The third-order valence-electron chi connectivity index (χ3n) is 2.66. The highest BCUT2D eigenvalue weighted by Crippen LogP contribution is 2.27. The Morgan fingerprint density at radius 2 is 1.94 bits per heavy atom. The average molecular weight is 229 g/mol. The highest BCUT2D eigenvalue weighted by atomic mass is 16.1. The van der Waals surface area contributed by atoms with E-state index in [1.165, 1.54) is 0 Å². The molecule has 0 aromatic heterocycles. The third-order valence-corrected chi connectivity index (χ3v) is 2.66. The number of benzene rings is 1. The second kappa shape index (κ2) is 5.14. The number of carbonyl (C=O) groups is 1. The largest absolute Gasteiger partial charge is 0.298 e. The summed E-state index contributed by atoms with van der Waals surface area (Å²) in [6.45, 7) is 7.97. The molecule has 0 saturated heterocycles. The van der Waals surface area contributed by atoms with E-state index in [9.17, 15) is 10.1 Å². The van der Waals surface area contributed by atoms with Crippen molar-refractivity contribution >= 4 is 5.78 Å². The van der Waals surface area contributed by atoms with E-state index in [-0.39, 0.29) is 11.2 Å². The molecule has 0 saturated carbocycles. The second-order valence-electron chi connectivity index (χ2n) is 5.62. The zero-order valence-electron chi connectivity index (χ0n) is 10.9. The zero-order chi connectivity index (χ0) is 13.1. The first-order valence-corrected chi connectivity index (χ1v) is 5.83. The van der Waals surface area contributed by atoms with E-state index < -0.39 is 5.92 Å². The van der Waals surface area contributed by atoms with Gasteiger partial charge in [0.15, 0.2) is 5.78 Å². The Morgan fingerprint density at radius 3 is 2.41 bits per heavy atom. The van der Waals surface area contributed by atoms with Crippen LogP contribution in [0.15, 0.2) is 24.3 Å². The molecule has 1 rings (SSSR count). The lowest BCUT2D eigenvalue weighted by atomic mass is 9.83. The predicted molar refractivity (Wildman–Crippen MR) is 68.6 cm³/mol. The van der Waals surface area contributed by atoms with Crippen molar-refractivity contribution in [2.75, 3.05) is 0 Å². The van der Waals surface area contributed by atoms with Gasteiger partial charge in [0, 0.05) is 6.42 Å². The summed E-state index contributed by atoms with van der Waals surface area (Å²) in [5.41, 5.74) is 1.76. The average Bonchev–Trinajstić information content (AvgIpc) is 2.19. The van der Waals surface area contributed by atoms with E-state index in [1.807, 2.05) is 52.0 Å². The highest BCUT2D eigenvalue weighted by Gasteiger charge is 2.25. The molecule has 0 radical (unpaired) electrons. The lowest BCUT2D eigenvalue weighted by molar-refractivity contribution is -0.121. The van der Waals surface area contributed by atoms with Crippen LogP contribution < -0.4 is 0 Å². The van der Waals surface area contributed by atoms with Crippen LogP contribution in [0.2, 0.25) is 0 Å². The van der Waals surface area contributed by atoms with Gasteiger partial charge in [-0.25, -0.2) is 0 Å². The lowest BCUT2D eigenvalue weighted by Crippen LogP contribution is -2.19. The minimum atomic E-state index is -0.629. The van der Waals surface area contributed by atoms with Gasteiger partial charge < -0.3 is 0 Å². The van der Waals surface area contributed by atoms with Crippen LogP contribution in [-0.4, -0.2) is 5.78 Å². The quantitative estimate of drug-likeness (QED) is 0.794. The van der Waals surface area contributed by atoms with Crippen LogP contribution in [0.25, 0.3) is 0 Å².